The summed E-state index contributed by atoms with van der Waals surface area (Å²) < 4.78 is 17.9. The van der Waals surface area contributed by atoms with Gasteiger partial charge in [0.1, 0.15) is 25.1 Å². The number of hydrogen-bond donors (Lipinski definition) is 3. The molecule has 2 aromatic rings. The summed E-state index contributed by atoms with van der Waals surface area (Å²) in [5.74, 6) is 0.264. The smallest absolute Gasteiger partial charge is 0.382 e. The van der Waals surface area contributed by atoms with Crippen LogP contribution in [0.15, 0.2) is 12.7 Å². The van der Waals surface area contributed by atoms with Gasteiger partial charge in [0.2, 0.25) is 0 Å². The fourth-order valence-electron chi connectivity index (χ4n) is 2.23. The molecule has 0 spiro atoms. The van der Waals surface area contributed by atoms with Gasteiger partial charge in [-0.1, -0.05) is 0 Å². The van der Waals surface area contributed by atoms with Crippen molar-refractivity contribution in [3.63, 3.8) is 0 Å². The molecule has 23 heavy (non-hydrogen) atoms. The molecule has 10 nitrogen and oxygen atoms in total. The third-order valence-electron chi connectivity index (χ3n) is 3.35. The topological polar surface area (TPSA) is 144 Å². The Morgan fingerprint density at radius 3 is 2.87 bits per heavy atom. The molecule has 0 aromatic carbocycles. The van der Waals surface area contributed by atoms with Crippen LogP contribution in [0, 0.1) is 0 Å². The lowest BCUT2D eigenvalue weighted by Gasteiger charge is -2.26. The van der Waals surface area contributed by atoms with E-state index in [4.69, 9.17) is 32.8 Å². The zero-order chi connectivity index (χ0) is 16.6. The zero-order valence-corrected chi connectivity index (χ0v) is 13.3. The summed E-state index contributed by atoms with van der Waals surface area (Å²) in [6, 6.07) is -0.636. The lowest BCUT2D eigenvalue weighted by molar-refractivity contribution is -0.0706. The summed E-state index contributed by atoms with van der Waals surface area (Å²) in [6.07, 6.45) is 1.82. The number of imidazole rings is 1. The van der Waals surface area contributed by atoms with Gasteiger partial charge in [-0.2, -0.15) is 9.05 Å². The van der Waals surface area contributed by atoms with Crippen LogP contribution >= 0.6 is 7.82 Å². The molecule has 1 saturated heterocycles. The lowest BCUT2D eigenvalue weighted by Crippen LogP contribution is -2.39. The van der Waals surface area contributed by atoms with Gasteiger partial charge in [0.05, 0.1) is 18.5 Å². The Morgan fingerprint density at radius 2 is 2.09 bits per heavy atom. The summed E-state index contributed by atoms with van der Waals surface area (Å²) in [5, 5.41) is 0. The molecule has 0 amide bonds. The standard InChI is InChI=1S/C11H17BN6O4P/c1-6-2-20-23(12,19)21-3-7(13)11(22-6)18-5-17-8-9(14)15-4-16-10(8)18/h4-7,11,19H,2-3,13H2,1H3,(H2,14,15,16)/q+1/t6-,7-,11+,23?/m0/s1. The fraction of sp³-hybridized carbons (Fsp3) is 0.545. The molecule has 2 radical (unpaired) electrons. The Morgan fingerprint density at radius 1 is 1.35 bits per heavy atom. The number of aromatic nitrogens is 4. The van der Waals surface area contributed by atoms with E-state index in [9.17, 15) is 4.89 Å². The maximum atomic E-state index is 9.84. The van der Waals surface area contributed by atoms with Gasteiger partial charge in [-0.25, -0.2) is 19.8 Å². The molecule has 3 heterocycles. The van der Waals surface area contributed by atoms with Crippen molar-refractivity contribution in [1.29, 1.82) is 0 Å². The van der Waals surface area contributed by atoms with Crippen molar-refractivity contribution in [2.24, 2.45) is 5.73 Å². The Balaban J connectivity index is 1.96. The Hall–Kier alpha value is -1.36. The first-order valence-electron chi connectivity index (χ1n) is 6.91. The number of rotatable bonds is 1. The second-order valence-electron chi connectivity index (χ2n) is 5.24. The van der Waals surface area contributed by atoms with Gasteiger partial charge in [-0.05, 0) is 6.92 Å². The lowest BCUT2D eigenvalue weighted by atomic mass is 10.2. The van der Waals surface area contributed by atoms with Gasteiger partial charge in [-0.15, -0.1) is 0 Å². The molecular weight excluding hydrogens is 322 g/mol. The molecular formula is C11H17BN6O4P+. The molecule has 122 valence electrons. The molecule has 0 saturated carbocycles. The van der Waals surface area contributed by atoms with Crippen LogP contribution in [-0.2, 0) is 13.8 Å². The maximum Gasteiger partial charge on any atom is 0.488 e. The van der Waals surface area contributed by atoms with Crippen LogP contribution in [0.2, 0.25) is 0 Å². The van der Waals surface area contributed by atoms with E-state index in [-0.39, 0.29) is 25.1 Å². The van der Waals surface area contributed by atoms with Gasteiger partial charge >= 0.3 is 15.4 Å². The number of ether oxygens (including phenoxy) is 1. The quantitative estimate of drug-likeness (QED) is 0.464. The third-order valence-corrected chi connectivity index (χ3v) is 4.38. The molecule has 1 aliphatic heterocycles. The summed E-state index contributed by atoms with van der Waals surface area (Å²) in [7, 11) is 2.17. The highest BCUT2D eigenvalue weighted by Crippen LogP contribution is 2.52. The fourth-order valence-corrected chi connectivity index (χ4v) is 3.11. The maximum absolute atomic E-state index is 9.84. The van der Waals surface area contributed by atoms with E-state index in [1.807, 2.05) is 0 Å². The second-order valence-corrected chi connectivity index (χ2v) is 6.88. The minimum Gasteiger partial charge on any atom is -0.382 e. The van der Waals surface area contributed by atoms with Crippen molar-refractivity contribution in [3.8, 4) is 0 Å². The molecule has 3 rings (SSSR count). The van der Waals surface area contributed by atoms with Crippen LogP contribution in [0.3, 0.4) is 0 Å². The minimum absolute atomic E-state index is 0.0571. The largest absolute Gasteiger partial charge is 0.488 e. The Bertz CT molecular complexity index is 700. The van der Waals surface area contributed by atoms with Crippen molar-refractivity contribution in [2.75, 3.05) is 18.9 Å². The Labute approximate surface area is 134 Å². The molecule has 0 bridgehead atoms. The van der Waals surface area contributed by atoms with E-state index in [0.29, 0.717) is 11.2 Å². The predicted molar refractivity (Wildman–Crippen MR) is 84.1 cm³/mol. The molecule has 1 unspecified atom stereocenters. The van der Waals surface area contributed by atoms with E-state index in [0.717, 1.165) is 0 Å². The van der Waals surface area contributed by atoms with Gasteiger partial charge in [0.25, 0.3) is 0 Å². The summed E-state index contributed by atoms with van der Waals surface area (Å²) >= 11 is 0. The third kappa shape index (κ3) is 3.44. The van der Waals surface area contributed by atoms with Crippen LogP contribution in [0.25, 0.3) is 11.2 Å². The number of fused-ring (bicyclic) bond motifs is 1. The molecule has 1 fully saturated rings. The SMILES string of the molecule is [B][P+]1(O)OC[C@H](C)O[C@@H](n2cnc3c(N)ncnc32)[C@@H](N)CO1. The van der Waals surface area contributed by atoms with Crippen molar-refractivity contribution in [2.45, 2.75) is 25.3 Å². The average molecular weight is 339 g/mol. The number of hydrogen-bond acceptors (Lipinski definition) is 9. The van der Waals surface area contributed by atoms with Crippen molar-refractivity contribution in [1.82, 2.24) is 19.5 Å². The van der Waals surface area contributed by atoms with E-state index in [2.05, 4.69) is 15.0 Å². The van der Waals surface area contributed by atoms with Crippen LogP contribution in [0.5, 0.6) is 0 Å². The first kappa shape index (κ1) is 16.5. The van der Waals surface area contributed by atoms with Gasteiger partial charge in [0.15, 0.2) is 17.7 Å². The summed E-state index contributed by atoms with van der Waals surface area (Å²) in [5.41, 5.74) is 12.9. The van der Waals surface area contributed by atoms with Crippen LogP contribution in [0.1, 0.15) is 13.2 Å². The molecule has 2 aromatic heterocycles. The van der Waals surface area contributed by atoms with Crippen molar-refractivity contribution >= 4 is 32.4 Å². The number of nitrogens with two attached hydrogens (primary N) is 2. The van der Waals surface area contributed by atoms with E-state index in [1.54, 1.807) is 11.5 Å². The van der Waals surface area contributed by atoms with Crippen molar-refractivity contribution < 1.29 is 18.7 Å². The van der Waals surface area contributed by atoms with E-state index >= 15 is 0 Å². The molecule has 1 aliphatic rings. The zero-order valence-electron chi connectivity index (χ0n) is 12.4. The number of anilines is 1. The molecule has 0 aliphatic carbocycles. The normalized spacial score (nSPS) is 33.1. The highest BCUT2D eigenvalue weighted by atomic mass is 31.2. The highest BCUT2D eigenvalue weighted by molar-refractivity contribution is 7.85. The number of nitrogens with zero attached hydrogens (tertiary/aromatic N) is 4. The van der Waals surface area contributed by atoms with Gasteiger partial charge < -0.3 is 16.2 Å². The molecule has 12 heteroatoms. The summed E-state index contributed by atoms with van der Waals surface area (Å²) in [6.45, 7) is 1.78. The monoisotopic (exact) mass is 339 g/mol. The van der Waals surface area contributed by atoms with E-state index < -0.39 is 20.1 Å². The van der Waals surface area contributed by atoms with Crippen molar-refractivity contribution in [3.05, 3.63) is 12.7 Å². The highest BCUT2D eigenvalue weighted by Gasteiger charge is 2.39. The van der Waals surface area contributed by atoms with Crippen LogP contribution < -0.4 is 11.5 Å². The predicted octanol–water partition coefficient (Wildman–Crippen LogP) is -0.475. The summed E-state index contributed by atoms with van der Waals surface area (Å²) in [4.78, 5) is 22.1. The van der Waals surface area contributed by atoms with Gasteiger partial charge in [-0.3, -0.25) is 4.57 Å². The minimum atomic E-state index is -3.40. The average Bonchev–Trinajstić information content (AvgIpc) is 2.94. The van der Waals surface area contributed by atoms with Gasteiger partial charge in [0, 0.05) is 0 Å². The van der Waals surface area contributed by atoms with Crippen LogP contribution in [-0.4, -0.2) is 57.3 Å². The first-order valence-corrected chi connectivity index (χ1v) is 8.55. The first-order chi connectivity index (χ1) is 10.9. The molecule has 4 atom stereocenters. The molecule has 5 N–H and O–H groups in total. The Kier molecular flexibility index (Phi) is 4.50. The second kappa shape index (κ2) is 6.27. The van der Waals surface area contributed by atoms with E-state index in [1.165, 1.54) is 12.7 Å². The van der Waals surface area contributed by atoms with Crippen LogP contribution in [0.4, 0.5) is 5.82 Å². The number of nitrogen functional groups attached to an aromatic ring is 1.